The predicted molar refractivity (Wildman–Crippen MR) is 120 cm³/mol. The molecule has 3 aromatic heterocycles. The van der Waals surface area contributed by atoms with E-state index in [2.05, 4.69) is 27.1 Å². The molecule has 6 heteroatoms. The summed E-state index contributed by atoms with van der Waals surface area (Å²) in [4.78, 5) is 12.9. The van der Waals surface area contributed by atoms with E-state index in [-0.39, 0.29) is 20.1 Å². The van der Waals surface area contributed by atoms with Crippen molar-refractivity contribution in [3.8, 4) is 34.0 Å². The van der Waals surface area contributed by atoms with E-state index in [1.165, 1.54) is 0 Å². The molecule has 31 heavy (non-hydrogen) atoms. The van der Waals surface area contributed by atoms with E-state index in [9.17, 15) is 0 Å². The SMILES string of the molecule is Cn1ccnc1-c1[c-]c(-c2nccn2C)ccc1.[IrH+2].[c-]1ccccc1-c1ccccn1. The van der Waals surface area contributed by atoms with Gasteiger partial charge in [-0.15, -0.1) is 60.2 Å². The number of pyridine rings is 1. The Morgan fingerprint density at radius 2 is 1.26 bits per heavy atom. The summed E-state index contributed by atoms with van der Waals surface area (Å²) in [5, 5.41) is 0. The molecule has 0 aliphatic rings. The summed E-state index contributed by atoms with van der Waals surface area (Å²) in [5.74, 6) is 1.82. The molecule has 5 nitrogen and oxygen atoms in total. The maximum absolute atomic E-state index is 4.34. The topological polar surface area (TPSA) is 48.5 Å². The van der Waals surface area contributed by atoms with Gasteiger partial charge in [-0.05, 0) is 11.8 Å². The van der Waals surface area contributed by atoms with Crippen LogP contribution >= 0.6 is 0 Å². The first-order chi connectivity index (χ1) is 14.7. The molecule has 0 N–H and O–H groups in total. The fraction of sp³-hybridized carbons (Fsp3) is 0.0800. The molecule has 0 atom stereocenters. The second kappa shape index (κ2) is 10.6. The van der Waals surface area contributed by atoms with Crippen molar-refractivity contribution in [3.05, 3.63) is 104 Å². The number of benzene rings is 2. The van der Waals surface area contributed by atoms with Gasteiger partial charge in [0, 0.05) is 45.1 Å². The smallest absolute Gasteiger partial charge is 0.0160 e. The summed E-state index contributed by atoms with van der Waals surface area (Å²) in [5.41, 5.74) is 3.96. The number of imidazole rings is 2. The zero-order chi connectivity index (χ0) is 20.8. The Hall–Kier alpha value is -3.34. The Morgan fingerprint density at radius 1 is 0.645 bits per heavy atom. The molecule has 0 bridgehead atoms. The van der Waals surface area contributed by atoms with E-state index < -0.39 is 0 Å². The van der Waals surface area contributed by atoms with Gasteiger partial charge < -0.3 is 14.1 Å². The number of aryl methyl sites for hydroxylation is 2. The molecule has 5 rings (SSSR count). The summed E-state index contributed by atoms with van der Waals surface area (Å²) in [7, 11) is 3.95. The van der Waals surface area contributed by atoms with Crippen molar-refractivity contribution in [1.82, 2.24) is 24.1 Å². The third-order valence-corrected chi connectivity index (χ3v) is 4.57. The van der Waals surface area contributed by atoms with E-state index in [0.29, 0.717) is 0 Å². The summed E-state index contributed by atoms with van der Waals surface area (Å²) >= 11 is 0. The van der Waals surface area contributed by atoms with E-state index >= 15 is 0 Å². The zero-order valence-corrected chi connectivity index (χ0v) is 19.8. The molecule has 0 spiro atoms. The molecule has 0 amide bonds. The molecule has 1 radical (unpaired) electrons. The third kappa shape index (κ3) is 5.43. The number of nitrogens with zero attached hydrogens (tertiary/aromatic N) is 5. The number of aromatic nitrogens is 5. The van der Waals surface area contributed by atoms with Crippen LogP contribution in [0.4, 0.5) is 0 Å². The van der Waals surface area contributed by atoms with Crippen molar-refractivity contribution >= 4 is 0 Å². The van der Waals surface area contributed by atoms with Gasteiger partial charge >= 0.3 is 20.1 Å². The molecule has 0 aliphatic carbocycles. The van der Waals surface area contributed by atoms with Crippen molar-refractivity contribution in [3.63, 3.8) is 0 Å². The average molecular weight is 585 g/mol. The van der Waals surface area contributed by atoms with Gasteiger partial charge in [0.05, 0.1) is 11.6 Å². The molecule has 0 saturated heterocycles. The fourth-order valence-corrected chi connectivity index (χ4v) is 3.05. The van der Waals surface area contributed by atoms with E-state index in [1.807, 2.05) is 96.3 Å². The predicted octanol–water partition coefficient (Wildman–Crippen LogP) is 4.57. The Balaban J connectivity index is 0.000000183. The molecule has 2 aromatic carbocycles. The first kappa shape index (κ1) is 22.3. The van der Waals surface area contributed by atoms with E-state index in [0.717, 1.165) is 34.0 Å². The van der Waals surface area contributed by atoms with Gasteiger partial charge in [0.1, 0.15) is 0 Å². The second-order valence-corrected chi connectivity index (χ2v) is 6.69. The normalized spacial score (nSPS) is 10.0. The van der Waals surface area contributed by atoms with Gasteiger partial charge in [-0.3, -0.25) is 9.97 Å². The van der Waals surface area contributed by atoms with Crippen molar-refractivity contribution in [1.29, 1.82) is 0 Å². The van der Waals surface area contributed by atoms with Crippen LogP contribution in [0.25, 0.3) is 34.0 Å². The zero-order valence-electron chi connectivity index (χ0n) is 17.2. The van der Waals surface area contributed by atoms with Crippen molar-refractivity contribution in [2.24, 2.45) is 14.1 Å². The maximum atomic E-state index is 4.34. The summed E-state index contributed by atoms with van der Waals surface area (Å²) < 4.78 is 3.96. The van der Waals surface area contributed by atoms with Gasteiger partial charge in [-0.2, -0.15) is 0 Å². The minimum atomic E-state index is 0. The molecule has 5 aromatic rings. The van der Waals surface area contributed by atoms with Gasteiger partial charge in [-0.1, -0.05) is 23.3 Å². The summed E-state index contributed by atoms with van der Waals surface area (Å²) in [6.07, 6.45) is 9.22. The van der Waals surface area contributed by atoms with Crippen molar-refractivity contribution in [2.75, 3.05) is 0 Å². The van der Waals surface area contributed by atoms with Crippen LogP contribution in [0.15, 0.2) is 91.6 Å². The van der Waals surface area contributed by atoms with E-state index in [4.69, 9.17) is 0 Å². The van der Waals surface area contributed by atoms with Crippen LogP contribution in [0.5, 0.6) is 0 Å². The quantitative estimate of drug-likeness (QED) is 0.292. The van der Waals surface area contributed by atoms with Crippen molar-refractivity contribution < 1.29 is 20.1 Å². The molecular formula is C25H22IrN5. The van der Waals surface area contributed by atoms with Gasteiger partial charge in [-0.25, -0.2) is 0 Å². The molecular weight excluding hydrogens is 563 g/mol. The number of hydrogen-bond donors (Lipinski definition) is 0. The maximum Gasteiger partial charge on any atom is 0.0160 e. The van der Waals surface area contributed by atoms with E-state index in [1.54, 1.807) is 18.6 Å². The Labute approximate surface area is 195 Å². The number of rotatable bonds is 3. The largest absolute Gasteiger partial charge is 0.305 e. The summed E-state index contributed by atoms with van der Waals surface area (Å²) in [6.45, 7) is 0. The van der Waals surface area contributed by atoms with Crippen molar-refractivity contribution in [2.45, 2.75) is 0 Å². The first-order valence-electron chi connectivity index (χ1n) is 9.58. The standard InChI is InChI=1S/C14H13N4.C11H8N.Ir.H/c1-17-8-6-15-13(17)11-4-3-5-12(10-11)14-16-7-9-18(14)2;1-2-6-10(7-3-1)11-8-4-5-9-12-11;;/h3-9H,1-2H3;1-6,8-9H;;/q2*-1;+2;. The summed E-state index contributed by atoms with van der Waals surface area (Å²) in [6, 6.07) is 26.2. The monoisotopic (exact) mass is 585 g/mol. The van der Waals surface area contributed by atoms with Crippen LogP contribution in [0.3, 0.4) is 0 Å². The Bertz CT molecular complexity index is 1120. The second-order valence-electron chi connectivity index (χ2n) is 6.69. The third-order valence-electron chi connectivity index (χ3n) is 4.57. The molecule has 0 aliphatic heterocycles. The van der Waals surface area contributed by atoms with Crippen LogP contribution in [-0.2, 0) is 34.2 Å². The van der Waals surface area contributed by atoms with Crippen LogP contribution in [0.1, 0.15) is 0 Å². The van der Waals surface area contributed by atoms with Crippen LogP contribution < -0.4 is 0 Å². The van der Waals surface area contributed by atoms with Gasteiger partial charge in [0.15, 0.2) is 0 Å². The molecule has 0 fully saturated rings. The number of hydrogen-bond acceptors (Lipinski definition) is 3. The van der Waals surface area contributed by atoms with Gasteiger partial charge in [0.25, 0.3) is 0 Å². The molecule has 156 valence electrons. The average Bonchev–Trinajstić information content (AvgIpc) is 3.43. The minimum Gasteiger partial charge on any atom is -0.305 e. The molecule has 3 heterocycles. The van der Waals surface area contributed by atoms with Crippen LogP contribution in [0, 0.1) is 12.1 Å². The van der Waals surface area contributed by atoms with Crippen LogP contribution in [-0.4, -0.2) is 24.1 Å². The van der Waals surface area contributed by atoms with Crippen LogP contribution in [0.2, 0.25) is 0 Å². The Kier molecular flexibility index (Phi) is 7.65. The van der Waals surface area contributed by atoms with Gasteiger partial charge in [0.2, 0.25) is 0 Å². The molecule has 0 saturated carbocycles. The molecule has 0 unspecified atom stereocenters. The minimum absolute atomic E-state index is 0. The first-order valence-corrected chi connectivity index (χ1v) is 9.58. The fourth-order valence-electron chi connectivity index (χ4n) is 3.05. The Morgan fingerprint density at radius 3 is 1.74 bits per heavy atom.